The van der Waals surface area contributed by atoms with Gasteiger partial charge in [0.15, 0.2) is 0 Å². The van der Waals surface area contributed by atoms with Gasteiger partial charge >= 0.3 is 0 Å². The molecular formula is C21H23N7O3. The van der Waals surface area contributed by atoms with Crippen molar-refractivity contribution >= 4 is 29.7 Å². The Morgan fingerprint density at radius 1 is 1.06 bits per heavy atom. The quantitative estimate of drug-likeness (QED) is 0.391. The molecule has 160 valence electrons. The average molecular weight is 421 g/mol. The number of hydrogen-bond acceptors (Lipinski definition) is 10. The molecule has 0 spiro atoms. The van der Waals surface area contributed by atoms with Gasteiger partial charge in [0.05, 0.1) is 26.5 Å². The summed E-state index contributed by atoms with van der Waals surface area (Å²) >= 11 is 0. The predicted molar refractivity (Wildman–Crippen MR) is 118 cm³/mol. The molecule has 0 saturated carbocycles. The summed E-state index contributed by atoms with van der Waals surface area (Å²) in [6.45, 7) is 2.62. The number of rotatable bonds is 7. The van der Waals surface area contributed by atoms with Crippen LogP contribution in [-0.4, -0.2) is 59.7 Å². The molecule has 1 aromatic heterocycles. The van der Waals surface area contributed by atoms with E-state index < -0.39 is 0 Å². The maximum atomic E-state index is 9.57. The van der Waals surface area contributed by atoms with Crippen molar-refractivity contribution in [1.29, 1.82) is 0 Å². The van der Waals surface area contributed by atoms with E-state index in [2.05, 4.69) is 30.8 Å². The SMILES string of the molecule is COc1ccc(Nc2nc(NN=Cc3cccc(O)c3)nc(N3CCOCC3)n2)cc1. The Hall–Kier alpha value is -3.92. The number of methoxy groups -OCH3 is 1. The molecule has 0 amide bonds. The summed E-state index contributed by atoms with van der Waals surface area (Å²) in [4.78, 5) is 15.5. The molecule has 0 atom stereocenters. The molecule has 1 aliphatic rings. The van der Waals surface area contributed by atoms with Gasteiger partial charge in [0, 0.05) is 18.8 Å². The van der Waals surface area contributed by atoms with E-state index in [1.165, 1.54) is 0 Å². The number of phenolic OH excluding ortho intramolecular Hbond substituents is 1. The fraction of sp³-hybridized carbons (Fsp3) is 0.238. The number of aromatic nitrogens is 3. The summed E-state index contributed by atoms with van der Waals surface area (Å²) in [5.41, 5.74) is 4.40. The molecule has 0 aliphatic carbocycles. The Morgan fingerprint density at radius 3 is 2.58 bits per heavy atom. The summed E-state index contributed by atoms with van der Waals surface area (Å²) in [5, 5.41) is 16.9. The van der Waals surface area contributed by atoms with Gasteiger partial charge in [-0.3, -0.25) is 0 Å². The first kappa shape index (κ1) is 20.4. The minimum atomic E-state index is 0.171. The molecule has 1 aliphatic heterocycles. The van der Waals surface area contributed by atoms with E-state index in [0.29, 0.717) is 44.1 Å². The van der Waals surface area contributed by atoms with Gasteiger partial charge in [-0.15, -0.1) is 0 Å². The molecule has 10 nitrogen and oxygen atoms in total. The number of benzene rings is 2. The Bertz CT molecular complexity index is 1040. The van der Waals surface area contributed by atoms with Crippen LogP contribution in [0.25, 0.3) is 0 Å². The van der Waals surface area contributed by atoms with Crippen molar-refractivity contribution in [3.05, 3.63) is 54.1 Å². The summed E-state index contributed by atoms with van der Waals surface area (Å²) in [6, 6.07) is 14.2. The number of ether oxygens (including phenoxy) is 2. The Kier molecular flexibility index (Phi) is 6.38. The topological polar surface area (TPSA) is 117 Å². The summed E-state index contributed by atoms with van der Waals surface area (Å²) in [6.07, 6.45) is 1.58. The predicted octanol–water partition coefficient (Wildman–Crippen LogP) is 2.61. The third-order valence-electron chi connectivity index (χ3n) is 4.51. The Labute approximate surface area is 179 Å². The molecular weight excluding hydrogens is 398 g/mol. The van der Waals surface area contributed by atoms with E-state index in [1.54, 1.807) is 31.5 Å². The largest absolute Gasteiger partial charge is 0.508 e. The third kappa shape index (κ3) is 5.58. The second-order valence-corrected chi connectivity index (χ2v) is 6.70. The fourth-order valence-electron chi connectivity index (χ4n) is 2.95. The van der Waals surface area contributed by atoms with Crippen molar-refractivity contribution in [1.82, 2.24) is 15.0 Å². The van der Waals surface area contributed by atoms with Gasteiger partial charge in [-0.2, -0.15) is 20.1 Å². The van der Waals surface area contributed by atoms with Crippen LogP contribution in [0.3, 0.4) is 0 Å². The maximum Gasteiger partial charge on any atom is 0.250 e. The van der Waals surface area contributed by atoms with Crippen LogP contribution in [0.2, 0.25) is 0 Å². The highest BCUT2D eigenvalue weighted by atomic mass is 16.5. The zero-order chi connectivity index (χ0) is 21.5. The van der Waals surface area contributed by atoms with Crippen LogP contribution >= 0.6 is 0 Å². The number of aromatic hydroxyl groups is 1. The minimum Gasteiger partial charge on any atom is -0.508 e. The minimum absolute atomic E-state index is 0.171. The van der Waals surface area contributed by atoms with Gasteiger partial charge in [-0.1, -0.05) is 12.1 Å². The lowest BCUT2D eigenvalue weighted by Crippen LogP contribution is -2.37. The van der Waals surface area contributed by atoms with Crippen molar-refractivity contribution in [2.45, 2.75) is 0 Å². The first-order valence-electron chi connectivity index (χ1n) is 9.77. The van der Waals surface area contributed by atoms with Gasteiger partial charge in [0.25, 0.3) is 0 Å². The molecule has 4 rings (SSSR count). The molecule has 1 saturated heterocycles. The van der Waals surface area contributed by atoms with Crippen molar-refractivity contribution < 1.29 is 14.6 Å². The second kappa shape index (κ2) is 9.72. The van der Waals surface area contributed by atoms with Crippen LogP contribution in [0.5, 0.6) is 11.5 Å². The van der Waals surface area contributed by atoms with Crippen molar-refractivity contribution in [2.24, 2.45) is 5.10 Å². The standard InChI is InChI=1S/C21H23N7O3/c1-30-18-7-5-16(6-8-18)23-19-24-20(26-21(25-19)28-9-11-31-12-10-28)27-22-14-15-3-2-4-17(29)13-15/h2-8,13-14,29H,9-12H2,1H3,(H2,23,24,25,26,27). The van der Waals surface area contributed by atoms with E-state index in [4.69, 9.17) is 9.47 Å². The molecule has 10 heteroatoms. The average Bonchev–Trinajstić information content (AvgIpc) is 2.80. The van der Waals surface area contributed by atoms with Crippen molar-refractivity contribution in [2.75, 3.05) is 49.1 Å². The van der Waals surface area contributed by atoms with Crippen molar-refractivity contribution in [3.8, 4) is 11.5 Å². The number of hydrazone groups is 1. The Morgan fingerprint density at radius 2 is 1.84 bits per heavy atom. The third-order valence-corrected chi connectivity index (χ3v) is 4.51. The van der Waals surface area contributed by atoms with Crippen LogP contribution in [0.4, 0.5) is 23.5 Å². The van der Waals surface area contributed by atoms with Crippen LogP contribution in [0.1, 0.15) is 5.56 Å². The molecule has 0 bridgehead atoms. The number of nitrogens with zero attached hydrogens (tertiary/aromatic N) is 5. The maximum absolute atomic E-state index is 9.57. The molecule has 1 fully saturated rings. The van der Waals surface area contributed by atoms with Gasteiger partial charge in [0.2, 0.25) is 17.8 Å². The molecule has 3 aromatic rings. The number of anilines is 4. The van der Waals surface area contributed by atoms with Crippen LogP contribution in [-0.2, 0) is 4.74 Å². The van der Waals surface area contributed by atoms with Gasteiger partial charge in [-0.05, 0) is 42.0 Å². The first-order chi connectivity index (χ1) is 15.2. The lowest BCUT2D eigenvalue weighted by Gasteiger charge is -2.27. The van der Waals surface area contributed by atoms with E-state index in [9.17, 15) is 5.11 Å². The van der Waals surface area contributed by atoms with E-state index >= 15 is 0 Å². The van der Waals surface area contributed by atoms with Crippen LogP contribution in [0, 0.1) is 0 Å². The van der Waals surface area contributed by atoms with Gasteiger partial charge in [0.1, 0.15) is 11.5 Å². The summed E-state index contributed by atoms with van der Waals surface area (Å²) in [7, 11) is 1.62. The second-order valence-electron chi connectivity index (χ2n) is 6.70. The zero-order valence-corrected chi connectivity index (χ0v) is 17.0. The van der Waals surface area contributed by atoms with Gasteiger partial charge in [-0.25, -0.2) is 5.43 Å². The monoisotopic (exact) mass is 421 g/mol. The normalized spacial score (nSPS) is 13.9. The van der Waals surface area contributed by atoms with E-state index in [-0.39, 0.29) is 5.75 Å². The van der Waals surface area contributed by atoms with Gasteiger partial charge < -0.3 is 24.8 Å². The number of morpholine rings is 1. The van der Waals surface area contributed by atoms with Crippen molar-refractivity contribution in [3.63, 3.8) is 0 Å². The molecule has 2 heterocycles. The van der Waals surface area contributed by atoms with Crippen LogP contribution in [0.15, 0.2) is 53.6 Å². The Balaban J connectivity index is 1.56. The number of hydrogen-bond donors (Lipinski definition) is 3. The summed E-state index contributed by atoms with van der Waals surface area (Å²) in [5.74, 6) is 2.15. The molecule has 0 unspecified atom stereocenters. The number of phenols is 1. The molecule has 31 heavy (non-hydrogen) atoms. The molecule has 2 aromatic carbocycles. The summed E-state index contributed by atoms with van der Waals surface area (Å²) < 4.78 is 10.6. The highest BCUT2D eigenvalue weighted by molar-refractivity contribution is 5.80. The molecule has 0 radical (unpaired) electrons. The smallest absolute Gasteiger partial charge is 0.250 e. The lowest BCUT2D eigenvalue weighted by molar-refractivity contribution is 0.122. The highest BCUT2D eigenvalue weighted by Crippen LogP contribution is 2.21. The highest BCUT2D eigenvalue weighted by Gasteiger charge is 2.16. The lowest BCUT2D eigenvalue weighted by atomic mass is 10.2. The van der Waals surface area contributed by atoms with E-state index in [1.807, 2.05) is 35.2 Å². The molecule has 3 N–H and O–H groups in total. The number of nitrogens with one attached hydrogen (secondary N) is 2. The van der Waals surface area contributed by atoms with E-state index in [0.717, 1.165) is 17.0 Å². The van der Waals surface area contributed by atoms with Crippen LogP contribution < -0.4 is 20.4 Å². The first-order valence-corrected chi connectivity index (χ1v) is 9.77. The fourth-order valence-corrected chi connectivity index (χ4v) is 2.95. The zero-order valence-electron chi connectivity index (χ0n) is 17.0.